The number of hydrogen-bond acceptors (Lipinski definition) is 7. The normalized spacial score (nSPS) is 14.8. The number of thiophene rings is 1. The lowest BCUT2D eigenvalue weighted by molar-refractivity contribution is -0.383. The molecular weight excluding hydrogens is 326 g/mol. The molecule has 0 aliphatic heterocycles. The molecule has 0 saturated carbocycles. The third-order valence-corrected chi connectivity index (χ3v) is 6.39. The molecule has 11 heteroatoms. The van der Waals surface area contributed by atoms with E-state index in [-0.39, 0.29) is 20.7 Å². The minimum absolute atomic E-state index is 0.151. The quantitative estimate of drug-likeness (QED) is 0.558. The van der Waals surface area contributed by atoms with Crippen LogP contribution >= 0.6 is 11.3 Å². The highest BCUT2D eigenvalue weighted by molar-refractivity contribution is 7.91. The Bertz CT molecular complexity index is 625. The molecule has 2 N–H and O–H groups in total. The maximum atomic E-state index is 12.1. The SMILES string of the molecule is CNc1sc(S(=O)(=O)NC(C)CS(C)=O)cc1[N+](=O)[O-]. The van der Waals surface area contributed by atoms with Crippen LogP contribution in [0.1, 0.15) is 6.92 Å². The van der Waals surface area contributed by atoms with Gasteiger partial charge >= 0.3 is 5.69 Å². The molecule has 114 valence electrons. The Balaban J connectivity index is 3.04. The zero-order valence-electron chi connectivity index (χ0n) is 11.1. The number of nitrogens with one attached hydrogen (secondary N) is 2. The summed E-state index contributed by atoms with van der Waals surface area (Å²) in [5.74, 6) is 0.172. The van der Waals surface area contributed by atoms with Gasteiger partial charge in [0.25, 0.3) is 10.0 Å². The van der Waals surface area contributed by atoms with Crippen molar-refractivity contribution in [2.45, 2.75) is 17.2 Å². The number of hydrogen-bond donors (Lipinski definition) is 2. The summed E-state index contributed by atoms with van der Waals surface area (Å²) in [7, 11) is -3.52. The smallest absolute Gasteiger partial charge is 0.304 e. The molecule has 8 nitrogen and oxygen atoms in total. The number of rotatable bonds is 7. The first-order valence-electron chi connectivity index (χ1n) is 5.45. The summed E-state index contributed by atoms with van der Waals surface area (Å²) in [5.41, 5.74) is -0.287. The van der Waals surface area contributed by atoms with Crippen molar-refractivity contribution in [1.29, 1.82) is 0 Å². The Hall–Kier alpha value is -1.04. The van der Waals surface area contributed by atoms with Crippen molar-refractivity contribution in [3.63, 3.8) is 0 Å². The van der Waals surface area contributed by atoms with Gasteiger partial charge in [-0.05, 0) is 6.92 Å². The Morgan fingerprint density at radius 1 is 1.55 bits per heavy atom. The van der Waals surface area contributed by atoms with Crippen molar-refractivity contribution in [1.82, 2.24) is 4.72 Å². The largest absolute Gasteiger partial charge is 0.374 e. The van der Waals surface area contributed by atoms with Gasteiger partial charge in [0.05, 0.1) is 4.92 Å². The summed E-state index contributed by atoms with van der Waals surface area (Å²) in [6, 6.07) is 0.485. The molecule has 0 amide bonds. The number of nitro groups is 1. The van der Waals surface area contributed by atoms with E-state index in [1.807, 2.05) is 0 Å². The van der Waals surface area contributed by atoms with Crippen molar-refractivity contribution >= 4 is 42.8 Å². The van der Waals surface area contributed by atoms with E-state index in [2.05, 4.69) is 10.0 Å². The minimum atomic E-state index is -3.86. The molecule has 0 fully saturated rings. The second-order valence-corrected chi connectivity index (χ2v) is 8.52. The fourth-order valence-corrected chi connectivity index (χ4v) is 4.95. The van der Waals surface area contributed by atoms with E-state index in [0.29, 0.717) is 0 Å². The molecule has 0 aliphatic carbocycles. The third kappa shape index (κ3) is 4.23. The van der Waals surface area contributed by atoms with Crippen LogP contribution < -0.4 is 10.0 Å². The van der Waals surface area contributed by atoms with Crippen LogP contribution in [0.2, 0.25) is 0 Å². The van der Waals surface area contributed by atoms with Gasteiger partial charge in [-0.15, -0.1) is 0 Å². The second kappa shape index (κ2) is 6.61. The molecule has 0 aromatic carbocycles. The van der Waals surface area contributed by atoms with E-state index < -0.39 is 31.8 Å². The number of sulfonamides is 1. The predicted octanol–water partition coefficient (Wildman–Crippen LogP) is 0.743. The molecule has 1 aromatic heterocycles. The van der Waals surface area contributed by atoms with Crippen molar-refractivity contribution < 1.29 is 17.6 Å². The van der Waals surface area contributed by atoms with Gasteiger partial charge < -0.3 is 5.32 Å². The first-order chi connectivity index (χ1) is 9.17. The number of anilines is 1. The van der Waals surface area contributed by atoms with Crippen LogP contribution in [0.15, 0.2) is 10.3 Å². The van der Waals surface area contributed by atoms with Gasteiger partial charge in [0.1, 0.15) is 4.21 Å². The molecular formula is C9H15N3O5S3. The topological polar surface area (TPSA) is 118 Å². The second-order valence-electron chi connectivity index (χ2n) is 4.05. The molecule has 2 atom stereocenters. The van der Waals surface area contributed by atoms with Crippen LogP contribution in [0.4, 0.5) is 10.7 Å². The Morgan fingerprint density at radius 2 is 2.15 bits per heavy atom. The van der Waals surface area contributed by atoms with Crippen LogP contribution in [-0.4, -0.2) is 42.6 Å². The van der Waals surface area contributed by atoms with Crippen molar-refractivity contribution in [3.05, 3.63) is 16.2 Å². The van der Waals surface area contributed by atoms with Crippen LogP contribution in [0.3, 0.4) is 0 Å². The zero-order valence-corrected chi connectivity index (χ0v) is 13.5. The average Bonchev–Trinajstić information content (AvgIpc) is 2.71. The highest BCUT2D eigenvalue weighted by atomic mass is 32.2. The van der Waals surface area contributed by atoms with Gasteiger partial charge in [0.15, 0.2) is 5.00 Å². The third-order valence-electron chi connectivity index (χ3n) is 2.22. The van der Waals surface area contributed by atoms with Crippen LogP contribution in [-0.2, 0) is 20.8 Å². The van der Waals surface area contributed by atoms with E-state index >= 15 is 0 Å². The molecule has 2 unspecified atom stereocenters. The van der Waals surface area contributed by atoms with E-state index in [1.165, 1.54) is 13.3 Å². The van der Waals surface area contributed by atoms with Crippen molar-refractivity contribution in [3.8, 4) is 0 Å². The summed E-state index contributed by atoms with van der Waals surface area (Å²) in [5, 5.41) is 13.6. The molecule has 1 aromatic rings. The lowest BCUT2D eigenvalue weighted by atomic mass is 10.4. The zero-order chi connectivity index (χ0) is 15.5. The van der Waals surface area contributed by atoms with Crippen LogP contribution in [0.25, 0.3) is 0 Å². The summed E-state index contributed by atoms with van der Waals surface area (Å²) in [6.07, 6.45) is 1.47. The lowest BCUT2D eigenvalue weighted by Gasteiger charge is -2.11. The molecule has 20 heavy (non-hydrogen) atoms. The van der Waals surface area contributed by atoms with E-state index in [4.69, 9.17) is 0 Å². The molecule has 0 aliphatic rings. The van der Waals surface area contributed by atoms with Gasteiger partial charge in [0.2, 0.25) is 0 Å². The Kier molecular flexibility index (Phi) is 5.62. The summed E-state index contributed by atoms with van der Waals surface area (Å²) < 4.78 is 37.4. The van der Waals surface area contributed by atoms with E-state index in [1.54, 1.807) is 6.92 Å². The summed E-state index contributed by atoms with van der Waals surface area (Å²) in [4.78, 5) is 10.2. The van der Waals surface area contributed by atoms with Gasteiger partial charge in [0, 0.05) is 42.0 Å². The van der Waals surface area contributed by atoms with Crippen LogP contribution in [0.5, 0.6) is 0 Å². The van der Waals surface area contributed by atoms with Crippen molar-refractivity contribution in [2.24, 2.45) is 0 Å². The average molecular weight is 341 g/mol. The molecule has 0 spiro atoms. The molecule has 1 rings (SSSR count). The Labute approximate surface area is 123 Å². The maximum absolute atomic E-state index is 12.1. The highest BCUT2D eigenvalue weighted by Crippen LogP contribution is 2.36. The Morgan fingerprint density at radius 3 is 2.55 bits per heavy atom. The van der Waals surface area contributed by atoms with Gasteiger partial charge in [-0.3, -0.25) is 14.3 Å². The molecule has 0 saturated heterocycles. The molecule has 1 heterocycles. The lowest BCUT2D eigenvalue weighted by Crippen LogP contribution is -2.35. The fourth-order valence-electron chi connectivity index (χ4n) is 1.52. The van der Waals surface area contributed by atoms with Gasteiger partial charge in [-0.25, -0.2) is 13.1 Å². The van der Waals surface area contributed by atoms with Gasteiger partial charge in [-0.1, -0.05) is 11.3 Å². The van der Waals surface area contributed by atoms with Gasteiger partial charge in [-0.2, -0.15) is 0 Å². The van der Waals surface area contributed by atoms with E-state index in [0.717, 1.165) is 17.4 Å². The standard InChI is InChI=1S/C9H15N3O5S3/c1-6(5-19(3)15)11-20(16,17)8-4-7(12(13)14)9(10-2)18-8/h4,6,10-11H,5H2,1-3H3. The summed E-state index contributed by atoms with van der Waals surface area (Å²) in [6.45, 7) is 1.58. The maximum Gasteiger partial charge on any atom is 0.304 e. The van der Waals surface area contributed by atoms with Crippen LogP contribution in [0, 0.1) is 10.1 Å². The van der Waals surface area contributed by atoms with Crippen molar-refractivity contribution in [2.75, 3.05) is 24.4 Å². The monoisotopic (exact) mass is 341 g/mol. The summed E-state index contributed by atoms with van der Waals surface area (Å²) >= 11 is 0.777. The number of nitrogens with zero attached hydrogens (tertiary/aromatic N) is 1. The minimum Gasteiger partial charge on any atom is -0.374 e. The first kappa shape index (κ1) is 17.0. The predicted molar refractivity (Wildman–Crippen MR) is 79.2 cm³/mol. The molecule has 0 radical (unpaired) electrons. The highest BCUT2D eigenvalue weighted by Gasteiger charge is 2.26. The fraction of sp³-hybridized carbons (Fsp3) is 0.556. The first-order valence-corrected chi connectivity index (χ1v) is 9.48. The molecule has 0 bridgehead atoms. The van der Waals surface area contributed by atoms with E-state index in [9.17, 15) is 22.7 Å².